The lowest BCUT2D eigenvalue weighted by Crippen LogP contribution is -2.42. The number of halogens is 1. The molecule has 2 rings (SSSR count). The summed E-state index contributed by atoms with van der Waals surface area (Å²) < 4.78 is 26.2. The van der Waals surface area contributed by atoms with E-state index < -0.39 is 16.1 Å². The van der Waals surface area contributed by atoms with Crippen molar-refractivity contribution in [2.45, 2.75) is 23.8 Å². The Morgan fingerprint density at radius 1 is 1.50 bits per heavy atom. The summed E-state index contributed by atoms with van der Waals surface area (Å²) in [4.78, 5) is 0.198. The van der Waals surface area contributed by atoms with Gasteiger partial charge in [0.15, 0.2) is 0 Å². The van der Waals surface area contributed by atoms with Crippen LogP contribution in [-0.2, 0) is 10.0 Å². The summed E-state index contributed by atoms with van der Waals surface area (Å²) in [6.07, 6.45) is 0.636. The van der Waals surface area contributed by atoms with E-state index in [4.69, 9.17) is 29.6 Å². The Hall–Kier alpha value is -0.730. The van der Waals surface area contributed by atoms with Crippen LogP contribution in [0.4, 0.5) is 0 Å². The molecule has 1 fully saturated rings. The fraction of sp³-hybridized carbons (Fsp3) is 0.417. The SMILES string of the molecule is NC(=S)c1ccc(S(=O)(=O)N2CCCC(O)C2)cc1Cl. The lowest BCUT2D eigenvalue weighted by atomic mass is 10.1. The number of aliphatic hydroxyl groups excluding tert-OH is 1. The molecule has 1 unspecified atom stereocenters. The highest BCUT2D eigenvalue weighted by atomic mass is 35.5. The molecule has 110 valence electrons. The second kappa shape index (κ2) is 5.95. The number of aliphatic hydroxyl groups is 1. The Morgan fingerprint density at radius 3 is 2.75 bits per heavy atom. The molecule has 1 saturated heterocycles. The second-order valence-corrected chi connectivity index (χ2v) is 7.45. The molecule has 1 heterocycles. The molecule has 1 aliphatic rings. The molecule has 0 saturated carbocycles. The van der Waals surface area contributed by atoms with Crippen molar-refractivity contribution < 1.29 is 13.5 Å². The zero-order valence-electron chi connectivity index (χ0n) is 10.6. The number of hydrogen-bond donors (Lipinski definition) is 2. The fourth-order valence-electron chi connectivity index (χ4n) is 2.14. The topological polar surface area (TPSA) is 83.6 Å². The fourth-order valence-corrected chi connectivity index (χ4v) is 4.27. The van der Waals surface area contributed by atoms with Gasteiger partial charge in [-0.05, 0) is 31.0 Å². The van der Waals surface area contributed by atoms with Crippen LogP contribution in [0.15, 0.2) is 23.1 Å². The van der Waals surface area contributed by atoms with Gasteiger partial charge in [-0.3, -0.25) is 0 Å². The Morgan fingerprint density at radius 2 is 2.20 bits per heavy atom. The third-order valence-electron chi connectivity index (χ3n) is 3.20. The number of thiocarbonyl (C=S) groups is 1. The quantitative estimate of drug-likeness (QED) is 0.809. The van der Waals surface area contributed by atoms with E-state index in [0.29, 0.717) is 24.9 Å². The van der Waals surface area contributed by atoms with E-state index in [-0.39, 0.29) is 21.5 Å². The zero-order valence-corrected chi connectivity index (χ0v) is 13.0. The molecule has 0 aromatic heterocycles. The third kappa shape index (κ3) is 3.12. The van der Waals surface area contributed by atoms with Crippen molar-refractivity contribution >= 4 is 38.8 Å². The van der Waals surface area contributed by atoms with Crippen molar-refractivity contribution in [1.82, 2.24) is 4.31 Å². The van der Waals surface area contributed by atoms with E-state index in [1.54, 1.807) is 0 Å². The van der Waals surface area contributed by atoms with Crippen molar-refractivity contribution in [1.29, 1.82) is 0 Å². The van der Waals surface area contributed by atoms with Crippen LogP contribution in [0, 0.1) is 0 Å². The van der Waals surface area contributed by atoms with Crippen LogP contribution in [0.5, 0.6) is 0 Å². The van der Waals surface area contributed by atoms with Gasteiger partial charge in [0.1, 0.15) is 4.99 Å². The third-order valence-corrected chi connectivity index (χ3v) is 5.60. The monoisotopic (exact) mass is 334 g/mol. The van der Waals surface area contributed by atoms with Crippen LogP contribution >= 0.6 is 23.8 Å². The Kier molecular flexibility index (Phi) is 4.66. The maximum Gasteiger partial charge on any atom is 0.243 e. The lowest BCUT2D eigenvalue weighted by molar-refractivity contribution is 0.108. The summed E-state index contributed by atoms with van der Waals surface area (Å²) in [6.45, 7) is 0.505. The molecule has 20 heavy (non-hydrogen) atoms. The van der Waals surface area contributed by atoms with Crippen molar-refractivity contribution in [2.75, 3.05) is 13.1 Å². The lowest BCUT2D eigenvalue weighted by Gasteiger charge is -2.29. The molecule has 0 bridgehead atoms. The van der Waals surface area contributed by atoms with Crippen molar-refractivity contribution in [3.05, 3.63) is 28.8 Å². The average Bonchev–Trinajstić information content (AvgIpc) is 2.38. The second-order valence-electron chi connectivity index (χ2n) is 4.67. The number of β-amino-alcohol motifs (C(OH)–C–C–N with tert-alkyl or cyclic N) is 1. The zero-order chi connectivity index (χ0) is 14.9. The number of benzene rings is 1. The van der Waals surface area contributed by atoms with Gasteiger partial charge < -0.3 is 10.8 Å². The first-order valence-corrected chi connectivity index (χ1v) is 8.32. The molecule has 3 N–H and O–H groups in total. The highest BCUT2D eigenvalue weighted by molar-refractivity contribution is 7.89. The van der Waals surface area contributed by atoms with E-state index in [9.17, 15) is 13.5 Å². The Balaban J connectivity index is 2.34. The van der Waals surface area contributed by atoms with E-state index >= 15 is 0 Å². The summed E-state index contributed by atoms with van der Waals surface area (Å²) in [5.41, 5.74) is 5.93. The van der Waals surface area contributed by atoms with E-state index in [1.165, 1.54) is 22.5 Å². The molecule has 0 amide bonds. The van der Waals surface area contributed by atoms with Crippen molar-refractivity contribution in [3.8, 4) is 0 Å². The first-order chi connectivity index (χ1) is 9.32. The van der Waals surface area contributed by atoms with Gasteiger partial charge in [-0.15, -0.1) is 0 Å². The van der Waals surface area contributed by atoms with Gasteiger partial charge in [0, 0.05) is 18.7 Å². The van der Waals surface area contributed by atoms with Gasteiger partial charge >= 0.3 is 0 Å². The Bertz CT molecular complexity index is 634. The van der Waals surface area contributed by atoms with Gasteiger partial charge in [0.2, 0.25) is 10.0 Å². The summed E-state index contributed by atoms with van der Waals surface area (Å²) in [7, 11) is -3.66. The molecule has 8 heteroatoms. The minimum atomic E-state index is -3.66. The number of rotatable bonds is 3. The normalized spacial score (nSPS) is 20.8. The van der Waals surface area contributed by atoms with Crippen LogP contribution in [0.25, 0.3) is 0 Å². The smallest absolute Gasteiger partial charge is 0.243 e. The van der Waals surface area contributed by atoms with Crippen LogP contribution in [0.2, 0.25) is 5.02 Å². The minimum absolute atomic E-state index is 0.0802. The number of nitrogens with zero attached hydrogens (tertiary/aromatic N) is 1. The maximum absolute atomic E-state index is 12.5. The minimum Gasteiger partial charge on any atom is -0.392 e. The molecule has 0 spiro atoms. The van der Waals surface area contributed by atoms with Crippen molar-refractivity contribution in [2.24, 2.45) is 5.73 Å². The molecular weight excluding hydrogens is 320 g/mol. The molecule has 1 atom stereocenters. The van der Waals surface area contributed by atoms with Gasteiger partial charge in [-0.1, -0.05) is 23.8 Å². The predicted octanol–water partition coefficient (Wildman–Crippen LogP) is 1.12. The summed E-state index contributed by atoms with van der Waals surface area (Å²) in [5.74, 6) is 0. The highest BCUT2D eigenvalue weighted by Gasteiger charge is 2.29. The molecule has 1 aliphatic heterocycles. The number of hydrogen-bond acceptors (Lipinski definition) is 4. The standard InChI is InChI=1S/C12H15ClN2O3S2/c13-11-6-9(3-4-10(11)12(14)19)20(17,18)15-5-1-2-8(16)7-15/h3-4,6,8,16H,1-2,5,7H2,(H2,14,19). The van der Waals surface area contributed by atoms with Crippen LogP contribution in [0.1, 0.15) is 18.4 Å². The molecule has 0 aliphatic carbocycles. The molecule has 5 nitrogen and oxygen atoms in total. The summed E-state index contributed by atoms with van der Waals surface area (Å²) in [6, 6.07) is 4.26. The highest BCUT2D eigenvalue weighted by Crippen LogP contribution is 2.25. The van der Waals surface area contributed by atoms with Gasteiger partial charge in [-0.2, -0.15) is 4.31 Å². The molecule has 1 aromatic rings. The van der Waals surface area contributed by atoms with E-state index in [2.05, 4.69) is 0 Å². The van der Waals surface area contributed by atoms with Crippen LogP contribution < -0.4 is 5.73 Å². The molecular formula is C12H15ClN2O3S2. The van der Waals surface area contributed by atoms with Crippen LogP contribution in [0.3, 0.4) is 0 Å². The maximum atomic E-state index is 12.5. The average molecular weight is 335 g/mol. The summed E-state index contributed by atoms with van der Waals surface area (Å²) in [5, 5.41) is 9.80. The van der Waals surface area contributed by atoms with Crippen molar-refractivity contribution in [3.63, 3.8) is 0 Å². The van der Waals surface area contributed by atoms with Gasteiger partial charge in [0.05, 0.1) is 16.0 Å². The largest absolute Gasteiger partial charge is 0.392 e. The molecule has 1 aromatic carbocycles. The number of sulfonamides is 1. The first kappa shape index (κ1) is 15.7. The molecule has 0 radical (unpaired) electrons. The van der Waals surface area contributed by atoms with E-state index in [0.717, 1.165) is 0 Å². The van der Waals surface area contributed by atoms with Crippen LogP contribution in [-0.4, -0.2) is 42.0 Å². The van der Waals surface area contributed by atoms with Gasteiger partial charge in [0.25, 0.3) is 0 Å². The summed E-state index contributed by atoms with van der Waals surface area (Å²) >= 11 is 10.8. The van der Waals surface area contributed by atoms with Gasteiger partial charge in [-0.25, -0.2) is 8.42 Å². The number of nitrogens with two attached hydrogens (primary N) is 1. The predicted molar refractivity (Wildman–Crippen MR) is 81.3 cm³/mol. The number of piperidine rings is 1. The first-order valence-electron chi connectivity index (χ1n) is 6.10. The Labute approximate surface area is 128 Å². The van der Waals surface area contributed by atoms with E-state index in [1.807, 2.05) is 0 Å².